The summed E-state index contributed by atoms with van der Waals surface area (Å²) in [6, 6.07) is 4.38. The molecule has 2 aromatic heterocycles. The third kappa shape index (κ3) is 7.27. The van der Waals surface area contributed by atoms with Crippen molar-refractivity contribution >= 4 is 52.6 Å². The average molecular weight is 534 g/mol. The van der Waals surface area contributed by atoms with Crippen molar-refractivity contribution in [2.45, 2.75) is 45.7 Å². The fraction of sp³-hybridized carbons (Fsp3) is 0.600. The van der Waals surface area contributed by atoms with Crippen LogP contribution in [0.15, 0.2) is 27.9 Å². The minimum Gasteiger partial charge on any atom is -0.356 e. The van der Waals surface area contributed by atoms with Crippen LogP contribution in [0.25, 0.3) is 0 Å². The van der Waals surface area contributed by atoms with Crippen LogP contribution in [0.5, 0.6) is 0 Å². The van der Waals surface area contributed by atoms with E-state index in [1.807, 2.05) is 18.4 Å². The lowest BCUT2D eigenvalue weighted by Crippen LogP contribution is -2.42. The van der Waals surface area contributed by atoms with Crippen LogP contribution in [0.4, 0.5) is 0 Å². The lowest BCUT2D eigenvalue weighted by molar-refractivity contribution is 0.179. The van der Waals surface area contributed by atoms with E-state index in [2.05, 4.69) is 62.3 Å². The van der Waals surface area contributed by atoms with Crippen LogP contribution in [0.3, 0.4) is 0 Å². The number of aliphatic imine (C=N–C) groups is 1. The summed E-state index contributed by atoms with van der Waals surface area (Å²) in [6.07, 6.45) is 2.50. The predicted molar refractivity (Wildman–Crippen MR) is 132 cm³/mol. The summed E-state index contributed by atoms with van der Waals surface area (Å²) in [5, 5.41) is 12.3. The first-order valence-electron chi connectivity index (χ1n) is 9.77. The highest BCUT2D eigenvalue weighted by molar-refractivity contribution is 14.0. The van der Waals surface area contributed by atoms with E-state index in [1.165, 1.54) is 36.5 Å². The van der Waals surface area contributed by atoms with E-state index in [0.717, 1.165) is 36.5 Å². The number of piperidine rings is 1. The zero-order chi connectivity index (χ0) is 19.1. The lowest BCUT2D eigenvalue weighted by atomic mass is 9.97. The molecule has 2 aromatic rings. The second-order valence-electron chi connectivity index (χ2n) is 7.43. The number of guanidine groups is 1. The molecule has 0 aliphatic carbocycles. The van der Waals surface area contributed by atoms with E-state index >= 15 is 0 Å². The highest BCUT2D eigenvalue weighted by Crippen LogP contribution is 2.20. The van der Waals surface area contributed by atoms with Crippen molar-refractivity contribution in [1.82, 2.24) is 20.5 Å². The van der Waals surface area contributed by atoms with Gasteiger partial charge in [0.2, 0.25) is 0 Å². The number of nitrogens with one attached hydrogen (secondary N) is 2. The van der Waals surface area contributed by atoms with Gasteiger partial charge in [-0.05, 0) is 49.2 Å². The van der Waals surface area contributed by atoms with E-state index in [4.69, 9.17) is 0 Å². The van der Waals surface area contributed by atoms with Crippen molar-refractivity contribution in [3.05, 3.63) is 38.5 Å². The van der Waals surface area contributed by atoms with Gasteiger partial charge in [-0.3, -0.25) is 9.89 Å². The molecule has 1 aliphatic rings. The van der Waals surface area contributed by atoms with Crippen molar-refractivity contribution < 1.29 is 0 Å². The number of halogens is 1. The molecule has 2 N–H and O–H groups in total. The molecule has 0 radical (unpaired) electrons. The van der Waals surface area contributed by atoms with Gasteiger partial charge in [-0.1, -0.05) is 19.9 Å². The van der Waals surface area contributed by atoms with Gasteiger partial charge in [0.1, 0.15) is 5.01 Å². The van der Waals surface area contributed by atoms with Crippen molar-refractivity contribution in [1.29, 1.82) is 0 Å². The molecular formula is C20H32IN5S2. The Morgan fingerprint density at radius 3 is 2.68 bits per heavy atom. The van der Waals surface area contributed by atoms with E-state index < -0.39 is 0 Å². The second-order valence-corrected chi connectivity index (χ2v) is 9.40. The first-order chi connectivity index (χ1) is 13.1. The van der Waals surface area contributed by atoms with E-state index in [1.54, 1.807) is 11.3 Å². The molecule has 0 unspecified atom stereocenters. The van der Waals surface area contributed by atoms with Crippen LogP contribution in [0, 0.1) is 5.92 Å². The fourth-order valence-electron chi connectivity index (χ4n) is 3.26. The third-order valence-electron chi connectivity index (χ3n) is 5.02. The van der Waals surface area contributed by atoms with Gasteiger partial charge in [-0.25, -0.2) is 4.98 Å². The Morgan fingerprint density at radius 2 is 2.07 bits per heavy atom. The van der Waals surface area contributed by atoms with Crippen LogP contribution in [-0.4, -0.2) is 42.5 Å². The molecule has 0 spiro atoms. The van der Waals surface area contributed by atoms with Gasteiger partial charge in [0.05, 0.1) is 12.2 Å². The van der Waals surface area contributed by atoms with Crippen molar-refractivity contribution in [2.75, 3.05) is 26.7 Å². The van der Waals surface area contributed by atoms with Crippen LogP contribution in [0.2, 0.25) is 0 Å². The molecule has 0 bridgehead atoms. The van der Waals surface area contributed by atoms with Gasteiger partial charge in [0.15, 0.2) is 5.96 Å². The van der Waals surface area contributed by atoms with Gasteiger partial charge >= 0.3 is 0 Å². The number of likely N-dealkylation sites (tertiary alicyclic amines) is 1. The molecule has 8 heteroatoms. The maximum absolute atomic E-state index is 4.67. The van der Waals surface area contributed by atoms with E-state index in [-0.39, 0.29) is 24.0 Å². The quantitative estimate of drug-likeness (QED) is 0.312. The monoisotopic (exact) mass is 533 g/mol. The SMILES string of the molecule is CN=C(NCc1nc(C(C)C)cs1)NCC1CCN(Cc2cccs2)CC1.I. The van der Waals surface area contributed by atoms with Gasteiger partial charge < -0.3 is 10.6 Å². The first-order valence-corrected chi connectivity index (χ1v) is 11.5. The average Bonchev–Trinajstić information content (AvgIpc) is 3.35. The van der Waals surface area contributed by atoms with Crippen LogP contribution in [-0.2, 0) is 13.1 Å². The van der Waals surface area contributed by atoms with Gasteiger partial charge in [0, 0.05) is 30.4 Å². The second kappa shape index (κ2) is 12.1. The third-order valence-corrected chi connectivity index (χ3v) is 6.74. The Kier molecular flexibility index (Phi) is 10.2. The van der Waals surface area contributed by atoms with Crippen LogP contribution < -0.4 is 10.6 Å². The molecule has 0 saturated carbocycles. The molecule has 3 rings (SSSR count). The van der Waals surface area contributed by atoms with Gasteiger partial charge in [0.25, 0.3) is 0 Å². The largest absolute Gasteiger partial charge is 0.356 e. The minimum absolute atomic E-state index is 0. The molecule has 0 atom stereocenters. The predicted octanol–water partition coefficient (Wildman–Crippen LogP) is 4.52. The number of rotatable bonds is 7. The van der Waals surface area contributed by atoms with Crippen molar-refractivity contribution in [3.8, 4) is 0 Å². The van der Waals surface area contributed by atoms with Gasteiger partial charge in [-0.2, -0.15) is 0 Å². The summed E-state index contributed by atoms with van der Waals surface area (Å²) in [7, 11) is 1.83. The molecule has 0 amide bonds. The lowest BCUT2D eigenvalue weighted by Gasteiger charge is -2.32. The molecule has 5 nitrogen and oxygen atoms in total. The van der Waals surface area contributed by atoms with Crippen molar-refractivity contribution in [2.24, 2.45) is 10.9 Å². The Morgan fingerprint density at radius 1 is 1.29 bits per heavy atom. The molecule has 1 fully saturated rings. The van der Waals surface area contributed by atoms with Crippen LogP contribution >= 0.6 is 46.7 Å². The Hall–Kier alpha value is -0.710. The Balaban J connectivity index is 0.00000280. The molecule has 28 heavy (non-hydrogen) atoms. The molecule has 0 aromatic carbocycles. The summed E-state index contributed by atoms with van der Waals surface area (Å²) in [6.45, 7) is 9.56. The molecule has 3 heterocycles. The highest BCUT2D eigenvalue weighted by Gasteiger charge is 2.19. The topological polar surface area (TPSA) is 52.6 Å². The number of aromatic nitrogens is 1. The first kappa shape index (κ1) is 23.6. The number of hydrogen-bond acceptors (Lipinski definition) is 5. The number of thiophene rings is 1. The zero-order valence-electron chi connectivity index (χ0n) is 17.0. The molecule has 1 aliphatic heterocycles. The molecule has 156 valence electrons. The van der Waals surface area contributed by atoms with Gasteiger partial charge in [-0.15, -0.1) is 46.7 Å². The molecular weight excluding hydrogens is 501 g/mol. The summed E-state index contributed by atoms with van der Waals surface area (Å²) in [5.41, 5.74) is 1.18. The Bertz CT molecular complexity index is 706. The van der Waals surface area contributed by atoms with E-state index in [0.29, 0.717) is 5.92 Å². The normalized spacial score (nSPS) is 16.2. The number of nitrogens with zero attached hydrogens (tertiary/aromatic N) is 3. The smallest absolute Gasteiger partial charge is 0.191 e. The highest BCUT2D eigenvalue weighted by atomic mass is 127. The number of thiazole rings is 1. The zero-order valence-corrected chi connectivity index (χ0v) is 20.9. The van der Waals surface area contributed by atoms with Crippen LogP contribution in [0.1, 0.15) is 48.2 Å². The molecule has 1 saturated heterocycles. The summed E-state index contributed by atoms with van der Waals surface area (Å²) < 4.78 is 0. The maximum atomic E-state index is 4.67. The van der Waals surface area contributed by atoms with E-state index in [9.17, 15) is 0 Å². The van der Waals surface area contributed by atoms with Crippen molar-refractivity contribution in [3.63, 3.8) is 0 Å². The summed E-state index contributed by atoms with van der Waals surface area (Å²) in [4.78, 5) is 13.1. The fourth-order valence-corrected chi connectivity index (χ4v) is 4.91. The standard InChI is InChI=1S/C20H31N5S2.HI/c1-15(2)18-14-27-19(24-18)12-23-20(21-3)22-11-16-6-8-25(9-7-16)13-17-5-4-10-26-17;/h4-5,10,14-16H,6-9,11-13H2,1-3H3,(H2,21,22,23);1H. The summed E-state index contributed by atoms with van der Waals surface area (Å²) >= 11 is 3.58. The Labute approximate surface area is 194 Å². The maximum Gasteiger partial charge on any atom is 0.191 e. The summed E-state index contributed by atoms with van der Waals surface area (Å²) in [5.74, 6) is 2.07. The number of hydrogen-bond donors (Lipinski definition) is 2. The minimum atomic E-state index is 0.